The van der Waals surface area contributed by atoms with Crippen molar-refractivity contribution in [1.82, 2.24) is 19.1 Å². The molecule has 3 heterocycles. The van der Waals surface area contributed by atoms with E-state index in [1.807, 2.05) is 35.8 Å². The van der Waals surface area contributed by atoms with Crippen LogP contribution in [0.25, 0.3) is 21.3 Å². The van der Waals surface area contributed by atoms with Gasteiger partial charge in [0.15, 0.2) is 0 Å². The van der Waals surface area contributed by atoms with Crippen molar-refractivity contribution in [2.45, 2.75) is 58.5 Å². The molecule has 4 aromatic rings. The van der Waals surface area contributed by atoms with Gasteiger partial charge in [-0.1, -0.05) is 12.1 Å². The molecule has 0 radical (unpaired) electrons. The summed E-state index contributed by atoms with van der Waals surface area (Å²) in [7, 11) is 0. The maximum Gasteiger partial charge on any atom is 0.262 e. The third kappa shape index (κ3) is 4.50. The van der Waals surface area contributed by atoms with Gasteiger partial charge in [0.05, 0.1) is 22.7 Å². The molecule has 1 N–H and O–H groups in total. The summed E-state index contributed by atoms with van der Waals surface area (Å²) in [5.41, 5.74) is 2.94. The van der Waals surface area contributed by atoms with E-state index in [1.165, 1.54) is 16.9 Å². The van der Waals surface area contributed by atoms with E-state index in [4.69, 9.17) is 4.74 Å². The van der Waals surface area contributed by atoms with Crippen LogP contribution in [0.4, 0.5) is 5.95 Å². The zero-order valence-corrected chi connectivity index (χ0v) is 20.2. The highest BCUT2D eigenvalue weighted by Crippen LogP contribution is 2.33. The lowest BCUT2D eigenvalue weighted by Crippen LogP contribution is -2.24. The lowest BCUT2D eigenvalue weighted by atomic mass is 9.97. The molecule has 0 atom stereocenters. The molecule has 3 aromatic heterocycles. The molecule has 1 aliphatic carbocycles. The minimum absolute atomic E-state index is 0.0413. The maximum atomic E-state index is 13.1. The van der Waals surface area contributed by atoms with E-state index in [9.17, 15) is 9.59 Å². The molecule has 1 amide bonds. The lowest BCUT2D eigenvalue weighted by molar-refractivity contribution is -0.116. The molecule has 0 saturated heterocycles. The fraction of sp³-hybridized carbons (Fsp3) is 0.440. The molecule has 178 valence electrons. The Labute approximate surface area is 201 Å². The third-order valence-electron chi connectivity index (χ3n) is 6.30. The SMILES string of the molecule is CCOCCCn1c(NC(=O)CCn2cnc3sc4c(c3c2=O)CCCC4)nc2ccccc21. The number of para-hydroxylation sites is 2. The highest BCUT2D eigenvalue weighted by molar-refractivity contribution is 7.18. The Morgan fingerprint density at radius 3 is 2.94 bits per heavy atom. The van der Waals surface area contributed by atoms with E-state index in [0.29, 0.717) is 25.7 Å². The van der Waals surface area contributed by atoms with Crippen molar-refractivity contribution < 1.29 is 9.53 Å². The number of ether oxygens (including phenoxy) is 1. The van der Waals surface area contributed by atoms with Gasteiger partial charge < -0.3 is 9.30 Å². The minimum atomic E-state index is -0.180. The topological polar surface area (TPSA) is 91.0 Å². The van der Waals surface area contributed by atoms with Crippen LogP contribution in [0.2, 0.25) is 0 Å². The van der Waals surface area contributed by atoms with E-state index in [0.717, 1.165) is 46.9 Å². The lowest BCUT2D eigenvalue weighted by Gasteiger charge is -2.11. The number of thiophene rings is 1. The molecule has 0 unspecified atom stereocenters. The Morgan fingerprint density at radius 1 is 1.21 bits per heavy atom. The van der Waals surface area contributed by atoms with Gasteiger partial charge in [0.1, 0.15) is 4.83 Å². The molecule has 34 heavy (non-hydrogen) atoms. The molecule has 1 aromatic carbocycles. The van der Waals surface area contributed by atoms with Crippen molar-refractivity contribution in [3.63, 3.8) is 0 Å². The number of imidazole rings is 1. The fourth-order valence-corrected chi connectivity index (χ4v) is 5.84. The number of carbonyl (C=O) groups excluding carboxylic acids is 1. The first-order chi connectivity index (χ1) is 16.7. The number of hydrogen-bond acceptors (Lipinski definition) is 6. The monoisotopic (exact) mass is 479 g/mol. The summed E-state index contributed by atoms with van der Waals surface area (Å²) in [6, 6.07) is 7.84. The molecule has 9 heteroatoms. The van der Waals surface area contributed by atoms with Crippen LogP contribution in [0.1, 0.15) is 43.0 Å². The maximum absolute atomic E-state index is 13.1. The second-order valence-corrected chi connectivity index (χ2v) is 9.64. The second-order valence-electron chi connectivity index (χ2n) is 8.56. The number of nitrogens with one attached hydrogen (secondary N) is 1. The predicted molar refractivity (Wildman–Crippen MR) is 135 cm³/mol. The normalized spacial score (nSPS) is 13.4. The summed E-state index contributed by atoms with van der Waals surface area (Å²) in [6.45, 7) is 4.29. The van der Waals surface area contributed by atoms with Gasteiger partial charge in [-0.25, -0.2) is 9.97 Å². The van der Waals surface area contributed by atoms with Gasteiger partial charge in [-0.3, -0.25) is 19.5 Å². The van der Waals surface area contributed by atoms with Crippen molar-refractivity contribution in [3.8, 4) is 0 Å². The Bertz CT molecular complexity index is 1390. The number of aromatic nitrogens is 4. The number of nitrogens with zero attached hydrogens (tertiary/aromatic N) is 4. The summed E-state index contributed by atoms with van der Waals surface area (Å²) in [4.78, 5) is 37.2. The molecular weight excluding hydrogens is 450 g/mol. The van der Waals surface area contributed by atoms with Crippen LogP contribution in [-0.2, 0) is 35.5 Å². The van der Waals surface area contributed by atoms with Crippen LogP contribution in [0.5, 0.6) is 0 Å². The van der Waals surface area contributed by atoms with Crippen molar-refractivity contribution in [2.24, 2.45) is 0 Å². The Morgan fingerprint density at radius 2 is 2.06 bits per heavy atom. The van der Waals surface area contributed by atoms with E-state index in [1.54, 1.807) is 22.2 Å². The van der Waals surface area contributed by atoms with Crippen molar-refractivity contribution in [1.29, 1.82) is 0 Å². The number of fused-ring (bicyclic) bond motifs is 4. The van der Waals surface area contributed by atoms with Gasteiger partial charge in [0.25, 0.3) is 5.56 Å². The molecule has 5 rings (SSSR count). The zero-order chi connectivity index (χ0) is 23.5. The largest absolute Gasteiger partial charge is 0.382 e. The summed E-state index contributed by atoms with van der Waals surface area (Å²) >= 11 is 1.64. The Hall–Kier alpha value is -3.04. The number of amides is 1. The predicted octanol–water partition coefficient (Wildman–Crippen LogP) is 4.14. The van der Waals surface area contributed by atoms with Gasteiger partial charge in [-0.05, 0) is 56.7 Å². The van der Waals surface area contributed by atoms with Crippen LogP contribution in [0.15, 0.2) is 35.4 Å². The van der Waals surface area contributed by atoms with E-state index >= 15 is 0 Å². The number of aryl methyl sites for hydroxylation is 4. The van der Waals surface area contributed by atoms with Gasteiger partial charge in [-0.2, -0.15) is 0 Å². The van der Waals surface area contributed by atoms with E-state index in [-0.39, 0.29) is 24.4 Å². The molecule has 0 spiro atoms. The summed E-state index contributed by atoms with van der Waals surface area (Å²) in [5.74, 6) is 0.344. The smallest absolute Gasteiger partial charge is 0.262 e. The number of rotatable bonds is 9. The van der Waals surface area contributed by atoms with Crippen LogP contribution >= 0.6 is 11.3 Å². The summed E-state index contributed by atoms with van der Waals surface area (Å²) in [5, 5.41) is 3.70. The first-order valence-electron chi connectivity index (χ1n) is 12.0. The highest BCUT2D eigenvalue weighted by atomic mass is 32.1. The quantitative estimate of drug-likeness (QED) is 0.364. The van der Waals surface area contributed by atoms with Crippen LogP contribution < -0.4 is 10.9 Å². The zero-order valence-electron chi connectivity index (χ0n) is 19.4. The molecule has 0 aliphatic heterocycles. The summed E-state index contributed by atoms with van der Waals surface area (Å²) in [6.07, 6.45) is 6.82. The van der Waals surface area contributed by atoms with Gasteiger partial charge >= 0.3 is 0 Å². The number of hydrogen-bond donors (Lipinski definition) is 1. The van der Waals surface area contributed by atoms with Crippen LogP contribution in [0, 0.1) is 0 Å². The van der Waals surface area contributed by atoms with Crippen LogP contribution in [0.3, 0.4) is 0 Å². The second kappa shape index (κ2) is 10.1. The molecule has 0 saturated carbocycles. The minimum Gasteiger partial charge on any atom is -0.382 e. The summed E-state index contributed by atoms with van der Waals surface area (Å²) < 4.78 is 9.05. The molecule has 1 aliphatic rings. The fourth-order valence-electron chi connectivity index (χ4n) is 4.62. The molecule has 0 fully saturated rings. The van der Waals surface area contributed by atoms with Gasteiger partial charge in [0, 0.05) is 37.6 Å². The van der Waals surface area contributed by atoms with Crippen LogP contribution in [-0.4, -0.2) is 38.2 Å². The average Bonchev–Trinajstić information content (AvgIpc) is 3.39. The van der Waals surface area contributed by atoms with Gasteiger partial charge in [0.2, 0.25) is 11.9 Å². The van der Waals surface area contributed by atoms with Crippen molar-refractivity contribution in [2.75, 3.05) is 18.5 Å². The number of anilines is 1. The van der Waals surface area contributed by atoms with E-state index < -0.39 is 0 Å². The molecular formula is C25H29N5O3S. The third-order valence-corrected chi connectivity index (χ3v) is 7.50. The molecule has 8 nitrogen and oxygen atoms in total. The highest BCUT2D eigenvalue weighted by Gasteiger charge is 2.20. The Balaban J connectivity index is 1.31. The molecule has 0 bridgehead atoms. The van der Waals surface area contributed by atoms with Crippen molar-refractivity contribution in [3.05, 3.63) is 51.4 Å². The number of benzene rings is 1. The van der Waals surface area contributed by atoms with Crippen molar-refractivity contribution >= 4 is 44.4 Å². The Kier molecular flexibility index (Phi) is 6.73. The number of carbonyl (C=O) groups is 1. The standard InChI is InChI=1S/C25H29N5O3S/c1-2-33-15-7-13-30-19-10-5-4-9-18(19)27-25(30)28-21(31)12-14-29-16-26-23-22(24(29)32)17-8-3-6-11-20(17)34-23/h4-5,9-10,16H,2-3,6-8,11-15H2,1H3,(H,27,28,31). The first-order valence-corrected chi connectivity index (χ1v) is 12.8. The average molecular weight is 480 g/mol. The van der Waals surface area contributed by atoms with Gasteiger partial charge in [-0.15, -0.1) is 11.3 Å². The van der Waals surface area contributed by atoms with E-state index in [2.05, 4.69) is 15.3 Å². The first kappa shape index (κ1) is 22.7.